The molecule has 0 aromatic carbocycles. The van der Waals surface area contributed by atoms with Gasteiger partial charge in [-0.1, -0.05) is 22.0 Å². The van der Waals surface area contributed by atoms with Gasteiger partial charge in [0, 0.05) is 16.6 Å². The lowest BCUT2D eigenvalue weighted by Gasteiger charge is -2.14. The molecule has 0 aliphatic heterocycles. The van der Waals surface area contributed by atoms with Gasteiger partial charge in [-0.2, -0.15) is 13.2 Å². The van der Waals surface area contributed by atoms with Crippen molar-refractivity contribution >= 4 is 27.3 Å². The van der Waals surface area contributed by atoms with E-state index in [2.05, 4.69) is 15.9 Å². The maximum absolute atomic E-state index is 12.1. The van der Waals surface area contributed by atoms with Crippen molar-refractivity contribution in [1.82, 2.24) is 0 Å². The van der Waals surface area contributed by atoms with Gasteiger partial charge in [-0.3, -0.25) is 0 Å². The fourth-order valence-electron chi connectivity index (χ4n) is 1.22. The number of alkyl halides is 4. The van der Waals surface area contributed by atoms with Gasteiger partial charge in [0.15, 0.2) is 0 Å². The van der Waals surface area contributed by atoms with Gasteiger partial charge < -0.3 is 0 Å². The molecule has 0 nitrogen and oxygen atoms in total. The van der Waals surface area contributed by atoms with Crippen molar-refractivity contribution < 1.29 is 13.2 Å². The zero-order valence-corrected chi connectivity index (χ0v) is 9.75. The molecule has 14 heavy (non-hydrogen) atoms. The third kappa shape index (κ3) is 4.46. The second-order valence-electron chi connectivity index (χ2n) is 3.12. The maximum atomic E-state index is 12.1. The summed E-state index contributed by atoms with van der Waals surface area (Å²) in [6, 6.07) is 3.73. The van der Waals surface area contributed by atoms with Crippen molar-refractivity contribution in [2.75, 3.05) is 5.33 Å². The fraction of sp³-hybridized carbons (Fsp3) is 0.556. The third-order valence-electron chi connectivity index (χ3n) is 1.81. The average Bonchev–Trinajstić information content (AvgIpc) is 2.53. The van der Waals surface area contributed by atoms with E-state index in [1.54, 1.807) is 0 Å². The normalized spacial score (nSPS) is 14.3. The number of rotatable bonds is 4. The summed E-state index contributed by atoms with van der Waals surface area (Å²) in [5.74, 6) is -0.353. The van der Waals surface area contributed by atoms with Gasteiger partial charge in [-0.05, 0) is 23.8 Å². The lowest BCUT2D eigenvalue weighted by molar-refractivity contribution is -0.142. The smallest absolute Gasteiger partial charge is 0.171 e. The zero-order chi connectivity index (χ0) is 10.6. The lowest BCUT2D eigenvalue weighted by Crippen LogP contribution is -2.17. The highest BCUT2D eigenvalue weighted by molar-refractivity contribution is 9.09. The number of hydrogen-bond donors (Lipinski definition) is 0. The minimum absolute atomic E-state index is 0.353. The Hall–Kier alpha value is -0.0300. The summed E-state index contributed by atoms with van der Waals surface area (Å²) < 4.78 is 36.3. The Labute approximate surface area is 93.3 Å². The SMILES string of the molecule is FC(F)(F)C[C@@H](CBr)Cc1cccs1. The predicted molar refractivity (Wildman–Crippen MR) is 56.0 cm³/mol. The van der Waals surface area contributed by atoms with E-state index in [1.807, 2.05) is 17.5 Å². The van der Waals surface area contributed by atoms with Gasteiger partial charge >= 0.3 is 6.18 Å². The highest BCUT2D eigenvalue weighted by Gasteiger charge is 2.31. The summed E-state index contributed by atoms with van der Waals surface area (Å²) in [6.07, 6.45) is -4.27. The first kappa shape index (κ1) is 12.0. The molecule has 80 valence electrons. The van der Waals surface area contributed by atoms with Gasteiger partial charge in [0.1, 0.15) is 0 Å². The van der Waals surface area contributed by atoms with Crippen molar-refractivity contribution in [3.8, 4) is 0 Å². The Kier molecular flexibility index (Phi) is 4.44. The fourth-order valence-corrected chi connectivity index (χ4v) is 2.50. The van der Waals surface area contributed by atoms with Gasteiger partial charge in [-0.15, -0.1) is 11.3 Å². The summed E-state index contributed by atoms with van der Waals surface area (Å²) in [4.78, 5) is 1.01. The van der Waals surface area contributed by atoms with E-state index in [0.29, 0.717) is 11.8 Å². The van der Waals surface area contributed by atoms with Crippen LogP contribution in [0.5, 0.6) is 0 Å². The van der Waals surface area contributed by atoms with E-state index >= 15 is 0 Å². The molecular weight excluding hydrogens is 277 g/mol. The Bertz CT molecular complexity index is 256. The highest BCUT2D eigenvalue weighted by Crippen LogP contribution is 2.28. The van der Waals surface area contributed by atoms with Crippen LogP contribution in [-0.4, -0.2) is 11.5 Å². The van der Waals surface area contributed by atoms with Crippen LogP contribution < -0.4 is 0 Å². The Morgan fingerprint density at radius 3 is 2.57 bits per heavy atom. The van der Waals surface area contributed by atoms with Crippen LogP contribution in [0.2, 0.25) is 0 Å². The molecule has 0 spiro atoms. The van der Waals surface area contributed by atoms with Gasteiger partial charge in [0.2, 0.25) is 0 Å². The van der Waals surface area contributed by atoms with Crippen molar-refractivity contribution in [1.29, 1.82) is 0 Å². The Balaban J connectivity index is 2.47. The van der Waals surface area contributed by atoms with Crippen LogP contribution in [0.25, 0.3) is 0 Å². The molecule has 0 bridgehead atoms. The first-order chi connectivity index (χ1) is 6.51. The first-order valence-electron chi connectivity index (χ1n) is 4.16. The third-order valence-corrected chi connectivity index (χ3v) is 3.62. The van der Waals surface area contributed by atoms with Crippen LogP contribution in [0.3, 0.4) is 0 Å². The lowest BCUT2D eigenvalue weighted by atomic mass is 10.0. The molecule has 0 fully saturated rings. The monoisotopic (exact) mass is 286 g/mol. The molecule has 0 radical (unpaired) electrons. The van der Waals surface area contributed by atoms with Crippen molar-refractivity contribution in [2.24, 2.45) is 5.92 Å². The summed E-state index contributed by atoms with van der Waals surface area (Å²) >= 11 is 4.62. The largest absolute Gasteiger partial charge is 0.389 e. The topological polar surface area (TPSA) is 0 Å². The van der Waals surface area contributed by atoms with Crippen LogP contribution in [0, 0.1) is 5.92 Å². The molecule has 0 aliphatic rings. The molecule has 1 aromatic rings. The average molecular weight is 287 g/mol. The summed E-state index contributed by atoms with van der Waals surface area (Å²) in [5, 5.41) is 2.28. The standard InChI is InChI=1S/C9H10BrF3S/c10-6-7(5-9(11,12)13)4-8-2-1-3-14-8/h1-3,7H,4-6H2/t7-/m0/s1. The molecule has 1 atom stereocenters. The molecule has 5 heteroatoms. The molecule has 0 amide bonds. The first-order valence-corrected chi connectivity index (χ1v) is 6.16. The number of halogens is 4. The van der Waals surface area contributed by atoms with Gasteiger partial charge in [0.25, 0.3) is 0 Å². The maximum Gasteiger partial charge on any atom is 0.389 e. The van der Waals surface area contributed by atoms with E-state index in [9.17, 15) is 13.2 Å². The van der Waals surface area contributed by atoms with E-state index in [1.165, 1.54) is 11.3 Å². The molecule has 0 N–H and O–H groups in total. The van der Waals surface area contributed by atoms with E-state index < -0.39 is 12.6 Å². The van der Waals surface area contributed by atoms with Crippen molar-refractivity contribution in [3.05, 3.63) is 22.4 Å². The molecule has 1 heterocycles. The van der Waals surface area contributed by atoms with Crippen molar-refractivity contribution in [2.45, 2.75) is 19.0 Å². The zero-order valence-electron chi connectivity index (χ0n) is 7.35. The molecule has 1 rings (SSSR count). The summed E-state index contributed by atoms with van der Waals surface area (Å²) in [5.41, 5.74) is 0. The van der Waals surface area contributed by atoms with E-state index in [-0.39, 0.29) is 5.92 Å². The summed E-state index contributed by atoms with van der Waals surface area (Å²) in [7, 11) is 0. The molecule has 0 unspecified atom stereocenters. The number of hydrogen-bond acceptors (Lipinski definition) is 1. The highest BCUT2D eigenvalue weighted by atomic mass is 79.9. The van der Waals surface area contributed by atoms with Gasteiger partial charge in [0.05, 0.1) is 0 Å². The van der Waals surface area contributed by atoms with Crippen LogP contribution >= 0.6 is 27.3 Å². The van der Waals surface area contributed by atoms with Gasteiger partial charge in [-0.25, -0.2) is 0 Å². The van der Waals surface area contributed by atoms with Crippen LogP contribution in [0.4, 0.5) is 13.2 Å². The minimum Gasteiger partial charge on any atom is -0.171 e. The molecular formula is C9H10BrF3S. The molecule has 0 saturated heterocycles. The quantitative estimate of drug-likeness (QED) is 0.726. The molecule has 0 saturated carbocycles. The van der Waals surface area contributed by atoms with Crippen LogP contribution in [0.1, 0.15) is 11.3 Å². The summed E-state index contributed by atoms with van der Waals surface area (Å²) in [6.45, 7) is 0. The molecule has 0 aliphatic carbocycles. The second kappa shape index (κ2) is 5.16. The van der Waals surface area contributed by atoms with E-state index in [4.69, 9.17) is 0 Å². The van der Waals surface area contributed by atoms with Crippen LogP contribution in [-0.2, 0) is 6.42 Å². The van der Waals surface area contributed by atoms with Crippen molar-refractivity contribution in [3.63, 3.8) is 0 Å². The minimum atomic E-state index is -4.06. The Morgan fingerprint density at radius 2 is 2.14 bits per heavy atom. The second-order valence-corrected chi connectivity index (χ2v) is 4.80. The number of thiophene rings is 1. The van der Waals surface area contributed by atoms with E-state index in [0.717, 1.165) is 4.88 Å². The van der Waals surface area contributed by atoms with Crippen LogP contribution in [0.15, 0.2) is 17.5 Å². The molecule has 1 aromatic heterocycles. The predicted octanol–water partition coefficient (Wildman–Crippen LogP) is 4.25. The Morgan fingerprint density at radius 1 is 1.43 bits per heavy atom.